The van der Waals surface area contributed by atoms with Crippen molar-refractivity contribution in [3.63, 3.8) is 0 Å². The van der Waals surface area contributed by atoms with Gasteiger partial charge in [0.15, 0.2) is 0 Å². The Morgan fingerprint density at radius 3 is 2.86 bits per heavy atom. The summed E-state index contributed by atoms with van der Waals surface area (Å²) in [6, 6.07) is 8.92. The number of nitrogens with one attached hydrogen (secondary N) is 1. The average Bonchev–Trinajstić information content (AvgIpc) is 3.34. The van der Waals surface area contributed by atoms with Gasteiger partial charge in [-0.1, -0.05) is 11.6 Å². The lowest BCUT2D eigenvalue weighted by Crippen LogP contribution is -2.33. The van der Waals surface area contributed by atoms with Gasteiger partial charge < -0.3 is 10.2 Å². The Hall–Kier alpha value is -2.97. The van der Waals surface area contributed by atoms with Crippen LogP contribution in [0.25, 0.3) is 5.69 Å². The van der Waals surface area contributed by atoms with E-state index in [0.717, 1.165) is 23.4 Å². The van der Waals surface area contributed by atoms with Gasteiger partial charge >= 0.3 is 0 Å². The highest BCUT2D eigenvalue weighted by atomic mass is 35.5. The first-order valence-corrected chi connectivity index (χ1v) is 10.2. The molecule has 29 heavy (non-hydrogen) atoms. The molecule has 7 nitrogen and oxygen atoms in total. The molecule has 2 amide bonds. The summed E-state index contributed by atoms with van der Waals surface area (Å²) >= 11 is 7.04. The Kier molecular flexibility index (Phi) is 5.46. The summed E-state index contributed by atoms with van der Waals surface area (Å²) in [6.07, 6.45) is 5.36. The van der Waals surface area contributed by atoms with Crippen molar-refractivity contribution in [2.75, 3.05) is 18.0 Å². The third-order valence-corrected chi connectivity index (χ3v) is 5.91. The van der Waals surface area contributed by atoms with Crippen molar-refractivity contribution < 1.29 is 9.59 Å². The van der Waals surface area contributed by atoms with Gasteiger partial charge in [-0.2, -0.15) is 0 Å². The van der Waals surface area contributed by atoms with Crippen LogP contribution in [0.3, 0.4) is 0 Å². The van der Waals surface area contributed by atoms with Crippen LogP contribution in [-0.2, 0) is 11.2 Å². The number of carbonyl (C=O) groups excluding carboxylic acids is 2. The number of benzene rings is 1. The minimum absolute atomic E-state index is 0.0536. The molecule has 9 heteroatoms. The Morgan fingerprint density at radius 2 is 2.10 bits per heavy atom. The van der Waals surface area contributed by atoms with Crippen LogP contribution < -0.4 is 15.8 Å². The summed E-state index contributed by atoms with van der Waals surface area (Å²) in [4.78, 5) is 42.7. The van der Waals surface area contributed by atoms with Gasteiger partial charge in [-0.15, -0.1) is 11.3 Å². The fraction of sp³-hybridized carbons (Fsp3) is 0.200. The van der Waals surface area contributed by atoms with Crippen molar-refractivity contribution in [2.45, 2.75) is 12.8 Å². The van der Waals surface area contributed by atoms with Crippen molar-refractivity contribution in [1.29, 1.82) is 0 Å². The Labute approximate surface area is 175 Å². The standard InChI is InChI=1S/C20H17ClN4O3S/c21-17-4-3-16(29-17)20(28)23-7-5-18(26)25-9-6-13-11-14(1-2-15(13)25)24-10-8-22-12-19(24)27/h1-4,8,10-12H,5-7,9H2,(H,23,28). The van der Waals surface area contributed by atoms with Gasteiger partial charge in [0.05, 0.1) is 15.4 Å². The van der Waals surface area contributed by atoms with E-state index in [1.807, 2.05) is 18.2 Å². The number of aromatic nitrogens is 2. The van der Waals surface area contributed by atoms with Crippen LogP contribution in [0.1, 0.15) is 21.7 Å². The van der Waals surface area contributed by atoms with Crippen molar-refractivity contribution in [3.8, 4) is 5.69 Å². The van der Waals surface area contributed by atoms with Crippen molar-refractivity contribution in [1.82, 2.24) is 14.9 Å². The molecule has 0 saturated carbocycles. The molecular weight excluding hydrogens is 412 g/mol. The number of fused-ring (bicyclic) bond motifs is 1. The van der Waals surface area contributed by atoms with Crippen LogP contribution >= 0.6 is 22.9 Å². The van der Waals surface area contributed by atoms with Crippen LogP contribution in [0.4, 0.5) is 5.69 Å². The molecule has 0 radical (unpaired) electrons. The van der Waals surface area contributed by atoms with Crippen LogP contribution in [0.2, 0.25) is 4.34 Å². The topological polar surface area (TPSA) is 84.3 Å². The molecular formula is C20H17ClN4O3S. The van der Waals surface area contributed by atoms with Crippen LogP contribution in [-0.4, -0.2) is 34.5 Å². The predicted molar refractivity (Wildman–Crippen MR) is 112 cm³/mol. The molecule has 0 aliphatic carbocycles. The summed E-state index contributed by atoms with van der Waals surface area (Å²) < 4.78 is 2.07. The summed E-state index contributed by atoms with van der Waals surface area (Å²) in [7, 11) is 0. The van der Waals surface area contributed by atoms with Gasteiger partial charge in [-0.25, -0.2) is 0 Å². The number of thiophene rings is 1. The first-order valence-electron chi connectivity index (χ1n) is 9.03. The molecule has 1 aromatic carbocycles. The van der Waals surface area contributed by atoms with Gasteiger partial charge in [0.25, 0.3) is 11.5 Å². The second kappa shape index (κ2) is 8.18. The molecule has 0 fully saturated rings. The van der Waals surface area contributed by atoms with E-state index >= 15 is 0 Å². The molecule has 0 saturated heterocycles. The molecule has 2 aromatic heterocycles. The molecule has 1 aliphatic heterocycles. The first-order chi connectivity index (χ1) is 14.0. The van der Waals surface area contributed by atoms with Crippen molar-refractivity contribution in [3.05, 3.63) is 74.1 Å². The number of nitrogens with zero attached hydrogens (tertiary/aromatic N) is 3. The zero-order valence-electron chi connectivity index (χ0n) is 15.3. The van der Waals surface area contributed by atoms with E-state index in [-0.39, 0.29) is 30.3 Å². The highest BCUT2D eigenvalue weighted by Crippen LogP contribution is 2.30. The maximum absolute atomic E-state index is 12.6. The van der Waals surface area contributed by atoms with Crippen LogP contribution in [0.5, 0.6) is 0 Å². The van der Waals surface area contributed by atoms with Gasteiger partial charge in [0, 0.05) is 43.3 Å². The Morgan fingerprint density at radius 1 is 1.24 bits per heavy atom. The lowest BCUT2D eigenvalue weighted by Gasteiger charge is -2.18. The number of hydrogen-bond acceptors (Lipinski definition) is 5. The van der Waals surface area contributed by atoms with E-state index in [1.165, 1.54) is 22.1 Å². The third-order valence-electron chi connectivity index (χ3n) is 4.68. The average molecular weight is 429 g/mol. The molecule has 3 aromatic rings. The smallest absolute Gasteiger partial charge is 0.273 e. The number of halogens is 1. The summed E-state index contributed by atoms with van der Waals surface area (Å²) in [5.41, 5.74) is 2.39. The maximum atomic E-state index is 12.6. The molecule has 148 valence electrons. The highest BCUT2D eigenvalue weighted by molar-refractivity contribution is 7.17. The largest absolute Gasteiger partial charge is 0.351 e. The maximum Gasteiger partial charge on any atom is 0.273 e. The molecule has 3 heterocycles. The Balaban J connectivity index is 1.40. The number of amides is 2. The van der Waals surface area contributed by atoms with E-state index in [1.54, 1.807) is 29.4 Å². The fourth-order valence-corrected chi connectivity index (χ4v) is 4.26. The predicted octanol–water partition coefficient (Wildman–Crippen LogP) is 2.66. The molecule has 0 bridgehead atoms. The molecule has 4 rings (SSSR count). The second-order valence-corrected chi connectivity index (χ2v) is 8.22. The zero-order chi connectivity index (χ0) is 20.4. The van der Waals surface area contributed by atoms with Gasteiger partial charge in [0.2, 0.25) is 5.91 Å². The SMILES string of the molecule is O=C(NCCC(=O)N1CCc2cc(-n3ccncc3=O)ccc21)c1ccc(Cl)s1. The zero-order valence-corrected chi connectivity index (χ0v) is 16.9. The summed E-state index contributed by atoms with van der Waals surface area (Å²) in [5, 5.41) is 2.75. The third kappa shape index (κ3) is 4.08. The number of carbonyl (C=O) groups is 2. The monoisotopic (exact) mass is 428 g/mol. The van der Waals surface area contributed by atoms with Gasteiger partial charge in [0.1, 0.15) is 0 Å². The van der Waals surface area contributed by atoms with Crippen LogP contribution in [0.15, 0.2) is 53.7 Å². The van der Waals surface area contributed by atoms with E-state index in [0.29, 0.717) is 15.8 Å². The first kappa shape index (κ1) is 19.4. The summed E-state index contributed by atoms with van der Waals surface area (Å²) in [6.45, 7) is 0.834. The molecule has 0 atom stereocenters. The molecule has 1 aliphatic rings. The second-order valence-electron chi connectivity index (χ2n) is 6.50. The minimum Gasteiger partial charge on any atom is -0.351 e. The van der Waals surface area contributed by atoms with E-state index in [4.69, 9.17) is 11.6 Å². The molecule has 0 unspecified atom stereocenters. The van der Waals surface area contributed by atoms with E-state index in [9.17, 15) is 14.4 Å². The van der Waals surface area contributed by atoms with Gasteiger partial charge in [-0.3, -0.25) is 23.9 Å². The quantitative estimate of drug-likeness (QED) is 0.677. The highest BCUT2D eigenvalue weighted by Gasteiger charge is 2.25. The van der Waals surface area contributed by atoms with E-state index in [2.05, 4.69) is 10.3 Å². The lowest BCUT2D eigenvalue weighted by atomic mass is 10.1. The van der Waals surface area contributed by atoms with E-state index < -0.39 is 0 Å². The number of rotatable bonds is 5. The minimum atomic E-state index is -0.232. The number of anilines is 1. The normalized spacial score (nSPS) is 12.7. The van der Waals surface area contributed by atoms with Crippen molar-refractivity contribution >= 4 is 40.4 Å². The Bertz CT molecular complexity index is 1140. The summed E-state index contributed by atoms with van der Waals surface area (Å²) in [5.74, 6) is -0.286. The van der Waals surface area contributed by atoms with Gasteiger partial charge in [-0.05, 0) is 42.3 Å². The van der Waals surface area contributed by atoms with Crippen LogP contribution in [0, 0.1) is 0 Å². The lowest BCUT2D eigenvalue weighted by molar-refractivity contribution is -0.118. The molecule has 0 spiro atoms. The molecule has 1 N–H and O–H groups in total. The number of hydrogen-bond donors (Lipinski definition) is 1. The fourth-order valence-electron chi connectivity index (χ4n) is 3.30. The van der Waals surface area contributed by atoms with Crippen molar-refractivity contribution in [2.24, 2.45) is 0 Å².